The molecule has 0 atom stereocenters. The number of nitrogens with one attached hydrogen (secondary N) is 1. The van der Waals surface area contributed by atoms with E-state index in [4.69, 9.17) is 4.99 Å². The zero-order valence-corrected chi connectivity index (χ0v) is 18.8. The third-order valence-electron chi connectivity index (χ3n) is 5.09. The number of halogens is 1. The topological polar surface area (TPSA) is 34.1 Å². The Kier molecular flexibility index (Phi) is 10.2. The van der Waals surface area contributed by atoms with E-state index < -0.39 is 0 Å². The lowest BCUT2D eigenvalue weighted by Gasteiger charge is -2.33. The summed E-state index contributed by atoms with van der Waals surface area (Å²) in [5.41, 5.74) is 1.29. The van der Waals surface area contributed by atoms with Gasteiger partial charge in [0, 0.05) is 57.3 Å². The molecule has 1 fully saturated rings. The first-order valence-electron chi connectivity index (χ1n) is 10.3. The predicted molar refractivity (Wildman–Crippen MR) is 119 cm³/mol. The highest BCUT2D eigenvalue weighted by Gasteiger charge is 2.14. The molecule has 1 aliphatic rings. The summed E-state index contributed by atoms with van der Waals surface area (Å²) in [6, 6.07) is 8.49. The zero-order valence-electron chi connectivity index (χ0n) is 17.3. The van der Waals surface area contributed by atoms with E-state index in [0.717, 1.165) is 36.5 Å². The summed E-state index contributed by atoms with van der Waals surface area (Å²) in [6.07, 6.45) is 2.38. The highest BCUT2D eigenvalue weighted by atomic mass is 79.9. The number of hydrogen-bond acceptors (Lipinski definition) is 3. The van der Waals surface area contributed by atoms with Gasteiger partial charge in [-0.1, -0.05) is 35.0 Å². The minimum atomic E-state index is 0.862. The molecule has 1 aliphatic heterocycles. The van der Waals surface area contributed by atoms with E-state index in [2.05, 4.69) is 81.1 Å². The fourth-order valence-corrected chi connectivity index (χ4v) is 3.63. The second-order valence-corrected chi connectivity index (χ2v) is 8.12. The summed E-state index contributed by atoms with van der Waals surface area (Å²) in [5.74, 6) is 0.997. The van der Waals surface area contributed by atoms with Gasteiger partial charge in [-0.05, 0) is 50.6 Å². The van der Waals surface area contributed by atoms with Crippen LogP contribution < -0.4 is 5.32 Å². The van der Waals surface area contributed by atoms with Crippen LogP contribution in [0.4, 0.5) is 0 Å². The fraction of sp³-hybridized carbons (Fsp3) is 0.667. The molecule has 0 bridgehead atoms. The van der Waals surface area contributed by atoms with E-state index >= 15 is 0 Å². The van der Waals surface area contributed by atoms with E-state index in [1.165, 1.54) is 51.3 Å². The van der Waals surface area contributed by atoms with E-state index in [-0.39, 0.29) is 0 Å². The molecule has 0 amide bonds. The molecule has 1 aromatic rings. The summed E-state index contributed by atoms with van der Waals surface area (Å²) in [7, 11) is 2.11. The Balaban J connectivity index is 1.71. The molecule has 0 unspecified atom stereocenters. The maximum absolute atomic E-state index is 4.83. The molecule has 152 valence electrons. The molecule has 0 spiro atoms. The van der Waals surface area contributed by atoms with Crippen molar-refractivity contribution in [3.63, 3.8) is 0 Å². The molecule has 1 aromatic carbocycles. The highest BCUT2D eigenvalue weighted by Crippen LogP contribution is 2.12. The number of nitrogens with zero attached hydrogens (tertiary/aromatic N) is 4. The number of hydrogen-bond donors (Lipinski definition) is 1. The van der Waals surface area contributed by atoms with Gasteiger partial charge in [-0.2, -0.15) is 0 Å². The number of likely N-dealkylation sites (N-methyl/N-ethyl adjacent to an activating group) is 1. The Morgan fingerprint density at radius 1 is 1.07 bits per heavy atom. The second-order valence-electron chi connectivity index (χ2n) is 7.20. The van der Waals surface area contributed by atoms with Crippen molar-refractivity contribution >= 4 is 21.9 Å². The molecule has 0 aliphatic carbocycles. The van der Waals surface area contributed by atoms with Gasteiger partial charge >= 0.3 is 0 Å². The predicted octanol–water partition coefficient (Wildman–Crippen LogP) is 3.26. The average Bonchev–Trinajstić information content (AvgIpc) is 2.69. The van der Waals surface area contributed by atoms with Crippen molar-refractivity contribution in [2.24, 2.45) is 4.99 Å². The first kappa shape index (κ1) is 22.2. The molecule has 0 aromatic heterocycles. The minimum Gasteiger partial charge on any atom is -0.357 e. The molecule has 5 nitrogen and oxygen atoms in total. The van der Waals surface area contributed by atoms with Crippen LogP contribution in [0.25, 0.3) is 0 Å². The summed E-state index contributed by atoms with van der Waals surface area (Å²) >= 11 is 3.49. The lowest BCUT2D eigenvalue weighted by molar-refractivity contribution is 0.136. The van der Waals surface area contributed by atoms with Crippen LogP contribution in [0, 0.1) is 0 Å². The van der Waals surface area contributed by atoms with Gasteiger partial charge < -0.3 is 20.0 Å². The van der Waals surface area contributed by atoms with Crippen LogP contribution in [0.1, 0.15) is 32.3 Å². The molecule has 1 N–H and O–H groups in total. The number of rotatable bonds is 9. The van der Waals surface area contributed by atoms with Crippen molar-refractivity contribution in [3.8, 4) is 0 Å². The van der Waals surface area contributed by atoms with Crippen molar-refractivity contribution in [1.82, 2.24) is 20.0 Å². The second kappa shape index (κ2) is 12.4. The van der Waals surface area contributed by atoms with Gasteiger partial charge in [0.05, 0.1) is 0 Å². The van der Waals surface area contributed by atoms with Crippen molar-refractivity contribution in [2.45, 2.75) is 33.2 Å². The van der Waals surface area contributed by atoms with Crippen molar-refractivity contribution in [3.05, 3.63) is 34.3 Å². The molecule has 0 saturated carbocycles. The third-order valence-corrected chi connectivity index (χ3v) is 5.61. The molecular weight excluding hydrogens is 402 g/mol. The van der Waals surface area contributed by atoms with Gasteiger partial charge in [0.1, 0.15) is 0 Å². The molecule has 1 heterocycles. The lowest BCUT2D eigenvalue weighted by atomic mass is 10.2. The van der Waals surface area contributed by atoms with Crippen LogP contribution in [-0.4, -0.2) is 80.1 Å². The normalized spacial score (nSPS) is 16.5. The van der Waals surface area contributed by atoms with Gasteiger partial charge in [-0.15, -0.1) is 0 Å². The number of aliphatic imine (C=N–C) groups is 1. The molecule has 6 heteroatoms. The Bertz CT molecular complexity index is 552. The monoisotopic (exact) mass is 437 g/mol. The van der Waals surface area contributed by atoms with Gasteiger partial charge in [0.2, 0.25) is 0 Å². The highest BCUT2D eigenvalue weighted by molar-refractivity contribution is 9.10. The van der Waals surface area contributed by atoms with Crippen LogP contribution in [0.3, 0.4) is 0 Å². The maximum Gasteiger partial charge on any atom is 0.193 e. The number of benzene rings is 1. The van der Waals surface area contributed by atoms with Crippen LogP contribution >= 0.6 is 15.9 Å². The van der Waals surface area contributed by atoms with Crippen LogP contribution in [-0.2, 0) is 6.54 Å². The number of piperazine rings is 1. The number of unbranched alkanes of at least 4 members (excludes halogenated alkanes) is 1. The van der Waals surface area contributed by atoms with E-state index in [1.807, 2.05) is 0 Å². The minimum absolute atomic E-state index is 0.862. The van der Waals surface area contributed by atoms with E-state index in [9.17, 15) is 0 Å². The Labute approximate surface area is 173 Å². The third kappa shape index (κ3) is 8.20. The van der Waals surface area contributed by atoms with E-state index in [1.54, 1.807) is 0 Å². The summed E-state index contributed by atoms with van der Waals surface area (Å²) in [6.45, 7) is 14.3. The summed E-state index contributed by atoms with van der Waals surface area (Å²) in [4.78, 5) is 12.2. The van der Waals surface area contributed by atoms with Gasteiger partial charge in [-0.3, -0.25) is 4.99 Å². The molecule has 27 heavy (non-hydrogen) atoms. The zero-order chi connectivity index (χ0) is 19.5. The van der Waals surface area contributed by atoms with Gasteiger partial charge in [0.25, 0.3) is 0 Å². The number of guanidine groups is 1. The fourth-order valence-electron chi connectivity index (χ4n) is 3.37. The standard InChI is InChI=1S/C21H36BrN5/c1-4-23-21(25(3)18-19-8-10-20(22)11-9-19)24-12-6-7-13-27-16-14-26(5-2)15-17-27/h8-11H,4-7,12-18H2,1-3H3,(H,23,24). The SMILES string of the molecule is CCNC(=NCCCCN1CCN(CC)CC1)N(C)Cc1ccc(Br)cc1. The van der Waals surface area contributed by atoms with Crippen molar-refractivity contribution < 1.29 is 0 Å². The van der Waals surface area contributed by atoms with Crippen LogP contribution in [0.5, 0.6) is 0 Å². The largest absolute Gasteiger partial charge is 0.357 e. The van der Waals surface area contributed by atoms with Crippen molar-refractivity contribution in [1.29, 1.82) is 0 Å². The van der Waals surface area contributed by atoms with Crippen LogP contribution in [0.2, 0.25) is 0 Å². The van der Waals surface area contributed by atoms with E-state index in [0.29, 0.717) is 0 Å². The Morgan fingerprint density at radius 2 is 1.74 bits per heavy atom. The Morgan fingerprint density at radius 3 is 2.37 bits per heavy atom. The molecular formula is C21H36BrN5. The van der Waals surface area contributed by atoms with Gasteiger partial charge in [0.15, 0.2) is 5.96 Å². The summed E-state index contributed by atoms with van der Waals surface area (Å²) in [5, 5.41) is 3.42. The average molecular weight is 438 g/mol. The Hall–Kier alpha value is -1.11. The van der Waals surface area contributed by atoms with Crippen molar-refractivity contribution in [2.75, 3.05) is 59.4 Å². The molecule has 1 saturated heterocycles. The summed E-state index contributed by atoms with van der Waals surface area (Å²) < 4.78 is 1.12. The smallest absolute Gasteiger partial charge is 0.193 e. The first-order valence-corrected chi connectivity index (χ1v) is 11.1. The van der Waals surface area contributed by atoms with Crippen LogP contribution in [0.15, 0.2) is 33.7 Å². The molecule has 2 rings (SSSR count). The first-order chi connectivity index (χ1) is 13.1. The lowest BCUT2D eigenvalue weighted by Crippen LogP contribution is -2.46. The quantitative estimate of drug-likeness (QED) is 0.365. The van der Waals surface area contributed by atoms with Gasteiger partial charge in [-0.25, -0.2) is 0 Å². The molecule has 0 radical (unpaired) electrons. The maximum atomic E-state index is 4.83.